The van der Waals surface area contributed by atoms with Crippen LogP contribution in [0.2, 0.25) is 0 Å². The van der Waals surface area contributed by atoms with Crippen molar-refractivity contribution in [1.82, 2.24) is 0 Å². The molecule has 0 aliphatic rings. The van der Waals surface area contributed by atoms with Gasteiger partial charge in [0, 0.05) is 11.6 Å². The Hall–Kier alpha value is -0.600. The van der Waals surface area contributed by atoms with Gasteiger partial charge in [0.1, 0.15) is 0 Å². The van der Waals surface area contributed by atoms with E-state index >= 15 is 0 Å². The summed E-state index contributed by atoms with van der Waals surface area (Å²) in [5, 5.41) is 0. The molecule has 1 rings (SSSR count). The predicted octanol–water partition coefficient (Wildman–Crippen LogP) is 3.60. The fourth-order valence-electron chi connectivity index (χ4n) is 1.20. The van der Waals surface area contributed by atoms with Gasteiger partial charge >= 0.3 is 0 Å². The van der Waals surface area contributed by atoms with Gasteiger partial charge in [-0.25, -0.2) is 0 Å². The molecule has 1 aromatic carbocycles. The van der Waals surface area contributed by atoms with Crippen LogP contribution < -0.4 is 0 Å². The maximum Gasteiger partial charge on any atom is 0.0646 e. The van der Waals surface area contributed by atoms with Crippen LogP contribution in [-0.4, -0.2) is 13.7 Å². The highest BCUT2D eigenvalue weighted by Gasteiger charge is 2.00. The molecule has 0 aliphatic heterocycles. The molecule has 0 spiro atoms. The predicted molar refractivity (Wildman–Crippen MR) is 64.2 cm³/mol. The summed E-state index contributed by atoms with van der Waals surface area (Å²) in [5.41, 5.74) is 3.42. The first kappa shape index (κ1) is 11.5. The molecule has 0 atom stereocenters. The highest BCUT2D eigenvalue weighted by molar-refractivity contribution is 9.10. The van der Waals surface area contributed by atoms with Gasteiger partial charge in [-0.05, 0) is 36.6 Å². The summed E-state index contributed by atoms with van der Waals surface area (Å²) in [4.78, 5) is 0. The van der Waals surface area contributed by atoms with Crippen LogP contribution in [0.3, 0.4) is 0 Å². The van der Waals surface area contributed by atoms with Crippen molar-refractivity contribution in [3.63, 3.8) is 0 Å². The summed E-state index contributed by atoms with van der Waals surface area (Å²) in [6, 6.07) is 4.08. The zero-order chi connectivity index (χ0) is 10.6. The van der Waals surface area contributed by atoms with Crippen LogP contribution in [0.1, 0.15) is 16.7 Å². The molecule has 0 N–H and O–H groups in total. The van der Waals surface area contributed by atoms with Gasteiger partial charge in [-0.15, -0.1) is 0 Å². The van der Waals surface area contributed by atoms with Gasteiger partial charge in [-0.2, -0.15) is 0 Å². The zero-order valence-corrected chi connectivity index (χ0v) is 10.1. The fourth-order valence-corrected chi connectivity index (χ4v) is 1.73. The minimum Gasteiger partial charge on any atom is -0.381 e. The minimum atomic E-state index is 0.637. The summed E-state index contributed by atoms with van der Waals surface area (Å²) in [6.07, 6.45) is 4.05. The normalized spacial score (nSPS) is 11.1. The molecule has 75 valence electrons. The first-order valence-electron chi connectivity index (χ1n) is 4.42. The molecule has 0 aromatic heterocycles. The smallest absolute Gasteiger partial charge is 0.0646 e. The molecule has 0 aliphatic carbocycles. The van der Waals surface area contributed by atoms with Crippen molar-refractivity contribution in [2.75, 3.05) is 13.7 Å². The van der Waals surface area contributed by atoms with Crippen molar-refractivity contribution in [3.8, 4) is 0 Å². The number of rotatable bonds is 3. The number of halogens is 1. The molecule has 0 heterocycles. The number of ether oxygens (including phenoxy) is 1. The maximum atomic E-state index is 4.95. The van der Waals surface area contributed by atoms with Crippen molar-refractivity contribution >= 4 is 22.0 Å². The Morgan fingerprint density at radius 2 is 2.21 bits per heavy atom. The van der Waals surface area contributed by atoms with Crippen molar-refractivity contribution < 1.29 is 4.74 Å². The highest BCUT2D eigenvalue weighted by Crippen LogP contribution is 2.22. The van der Waals surface area contributed by atoms with E-state index in [1.807, 2.05) is 12.1 Å². The third kappa shape index (κ3) is 2.96. The topological polar surface area (TPSA) is 9.23 Å². The van der Waals surface area contributed by atoms with E-state index in [9.17, 15) is 0 Å². The number of benzene rings is 1. The van der Waals surface area contributed by atoms with Gasteiger partial charge in [0.2, 0.25) is 0 Å². The van der Waals surface area contributed by atoms with E-state index < -0.39 is 0 Å². The van der Waals surface area contributed by atoms with Gasteiger partial charge < -0.3 is 4.74 Å². The summed E-state index contributed by atoms with van der Waals surface area (Å²) in [7, 11) is 1.69. The lowest BCUT2D eigenvalue weighted by Gasteiger charge is -2.05. The quantitative estimate of drug-likeness (QED) is 0.800. The Labute approximate surface area is 93.9 Å². The molecule has 1 nitrogen and oxygen atoms in total. The van der Waals surface area contributed by atoms with Crippen LogP contribution in [0.5, 0.6) is 0 Å². The molecule has 1 aromatic rings. The summed E-state index contributed by atoms with van der Waals surface area (Å²) in [5.74, 6) is 0. The number of hydrogen-bond acceptors (Lipinski definition) is 1. The molecule has 0 bridgehead atoms. The molecular formula is C12H14BrO. The average Bonchev–Trinajstić information content (AvgIpc) is 2.13. The van der Waals surface area contributed by atoms with Crippen molar-refractivity contribution in [3.05, 3.63) is 46.3 Å². The number of methoxy groups -OCH3 is 1. The van der Waals surface area contributed by atoms with E-state index in [1.54, 1.807) is 7.11 Å². The van der Waals surface area contributed by atoms with Crippen LogP contribution in [0.4, 0.5) is 0 Å². The van der Waals surface area contributed by atoms with Gasteiger partial charge in [-0.3, -0.25) is 0 Å². The lowest BCUT2D eigenvalue weighted by atomic mass is 10.1. The molecule has 14 heavy (non-hydrogen) atoms. The second-order valence-corrected chi connectivity index (χ2v) is 4.00. The van der Waals surface area contributed by atoms with E-state index in [1.165, 1.54) is 11.1 Å². The molecule has 0 fully saturated rings. The van der Waals surface area contributed by atoms with E-state index in [-0.39, 0.29) is 0 Å². The van der Waals surface area contributed by atoms with E-state index in [4.69, 9.17) is 4.74 Å². The van der Waals surface area contributed by atoms with Crippen molar-refractivity contribution in [1.29, 1.82) is 0 Å². The zero-order valence-electron chi connectivity index (χ0n) is 8.51. The van der Waals surface area contributed by atoms with Crippen LogP contribution in [0.15, 0.2) is 22.7 Å². The van der Waals surface area contributed by atoms with Gasteiger partial charge in [0.05, 0.1) is 6.61 Å². The summed E-state index contributed by atoms with van der Waals surface area (Å²) in [6.45, 7) is 6.63. The molecule has 0 amide bonds. The van der Waals surface area contributed by atoms with Gasteiger partial charge in [0.15, 0.2) is 0 Å². The Morgan fingerprint density at radius 1 is 1.50 bits per heavy atom. The first-order chi connectivity index (χ1) is 6.65. The summed E-state index contributed by atoms with van der Waals surface area (Å²) >= 11 is 3.50. The molecule has 0 saturated carbocycles. The second-order valence-electron chi connectivity index (χ2n) is 3.15. The molecular weight excluding hydrogens is 240 g/mol. The van der Waals surface area contributed by atoms with E-state index in [0.29, 0.717) is 6.61 Å². The van der Waals surface area contributed by atoms with Crippen LogP contribution in [0, 0.1) is 13.8 Å². The average molecular weight is 254 g/mol. The SMILES string of the molecule is [CH2]c1cc(Br)c(C)c(/C=C/COC)c1. The van der Waals surface area contributed by atoms with Crippen LogP contribution in [-0.2, 0) is 4.74 Å². The number of hydrogen-bond donors (Lipinski definition) is 0. The molecule has 0 unspecified atom stereocenters. The fraction of sp³-hybridized carbons (Fsp3) is 0.250. The third-order valence-corrected chi connectivity index (χ3v) is 2.83. The van der Waals surface area contributed by atoms with Crippen LogP contribution in [0.25, 0.3) is 6.08 Å². The Balaban J connectivity index is 2.96. The first-order valence-corrected chi connectivity index (χ1v) is 5.22. The third-order valence-electron chi connectivity index (χ3n) is 2.00. The van der Waals surface area contributed by atoms with E-state index in [0.717, 1.165) is 10.0 Å². The maximum absolute atomic E-state index is 4.95. The lowest BCUT2D eigenvalue weighted by molar-refractivity contribution is 0.234. The van der Waals surface area contributed by atoms with Crippen LogP contribution >= 0.6 is 15.9 Å². The van der Waals surface area contributed by atoms with Gasteiger partial charge in [0.25, 0.3) is 0 Å². The molecule has 0 saturated heterocycles. The standard InChI is InChI=1S/C12H14BrO/c1-9-7-11(5-4-6-14-3)10(2)12(13)8-9/h4-5,7-8H,1,6H2,2-3H3/b5-4+. The highest BCUT2D eigenvalue weighted by atomic mass is 79.9. The summed E-state index contributed by atoms with van der Waals surface area (Å²) < 4.78 is 6.05. The largest absolute Gasteiger partial charge is 0.381 e. The van der Waals surface area contributed by atoms with Gasteiger partial charge in [-0.1, -0.05) is 34.1 Å². The Morgan fingerprint density at radius 3 is 2.86 bits per heavy atom. The minimum absolute atomic E-state index is 0.637. The molecule has 2 heteroatoms. The monoisotopic (exact) mass is 253 g/mol. The second kappa shape index (κ2) is 5.32. The van der Waals surface area contributed by atoms with Crippen molar-refractivity contribution in [2.45, 2.75) is 6.92 Å². The van der Waals surface area contributed by atoms with E-state index in [2.05, 4.69) is 41.9 Å². The Kier molecular flexibility index (Phi) is 4.36. The Bertz CT molecular complexity index is 342. The molecule has 1 radical (unpaired) electrons. The lowest BCUT2D eigenvalue weighted by Crippen LogP contribution is -1.86. The van der Waals surface area contributed by atoms with Crippen molar-refractivity contribution in [2.24, 2.45) is 0 Å².